The van der Waals surface area contributed by atoms with Crippen LogP contribution in [0.1, 0.15) is 134 Å². The highest BCUT2D eigenvalue weighted by atomic mass is 35.5. The Labute approximate surface area is 585 Å². The zero-order valence-electron chi connectivity index (χ0n) is 57.8. The van der Waals surface area contributed by atoms with E-state index in [2.05, 4.69) is 142 Å². The van der Waals surface area contributed by atoms with Gasteiger partial charge in [-0.3, -0.25) is 15.0 Å². The molecule has 0 saturated heterocycles. The molecule has 0 radical (unpaired) electrons. The Bertz CT molecular complexity index is 4030. The van der Waals surface area contributed by atoms with Crippen molar-refractivity contribution in [3.8, 4) is 5.75 Å². The number of ether oxygens (including phenoxy) is 2. The van der Waals surface area contributed by atoms with Crippen LogP contribution in [0.2, 0.25) is 0 Å². The first kappa shape index (κ1) is 80.5. The molecule has 3 N–H and O–H groups in total. The van der Waals surface area contributed by atoms with Gasteiger partial charge in [0.2, 0.25) is 0 Å². The van der Waals surface area contributed by atoms with Crippen LogP contribution in [0.4, 0.5) is 22.8 Å². The number of fused-ring (bicyclic) bond motifs is 3. The van der Waals surface area contributed by atoms with Gasteiger partial charge >= 0.3 is 27.8 Å². The number of aromatic nitrogens is 3. The van der Waals surface area contributed by atoms with Gasteiger partial charge in [0.25, 0.3) is 0 Å². The van der Waals surface area contributed by atoms with Gasteiger partial charge in [0, 0.05) is 116 Å². The number of hydrogen-bond donors (Lipinski definition) is 3. The summed E-state index contributed by atoms with van der Waals surface area (Å²) < 4.78 is 77.1. The monoisotopic (exact) mass is 1380 g/mol. The van der Waals surface area contributed by atoms with E-state index in [9.17, 15) is 31.2 Å². The van der Waals surface area contributed by atoms with E-state index in [1.165, 1.54) is 81.4 Å². The number of nitrogens with one attached hydrogen (secondary N) is 3. The Morgan fingerprint density at radius 3 is 1.22 bits per heavy atom. The average Bonchev–Trinajstić information content (AvgIpc) is 0.804. The predicted octanol–water partition coefficient (Wildman–Crippen LogP) is 17.4. The molecule has 0 saturated carbocycles. The molecule has 0 bridgehead atoms. The van der Waals surface area contributed by atoms with E-state index in [0.29, 0.717) is 56.1 Å². The largest absolute Gasteiger partial charge is 0.534 e. The Kier molecular flexibility index (Phi) is 31.4. The molecule has 0 aliphatic carbocycles. The van der Waals surface area contributed by atoms with E-state index in [1.807, 2.05) is 106 Å². The smallest absolute Gasteiger partial charge is 0.444 e. The fourth-order valence-electron chi connectivity index (χ4n) is 10.6. The summed E-state index contributed by atoms with van der Waals surface area (Å²) in [6.07, 6.45) is 15.7. The molecular formula is C78H100ClF3N8O7S. The molecule has 0 aliphatic heterocycles. The highest BCUT2D eigenvalue weighted by Crippen LogP contribution is 2.32. The number of benzene rings is 6. The van der Waals surface area contributed by atoms with Crippen molar-refractivity contribution in [1.29, 1.82) is 0 Å². The van der Waals surface area contributed by atoms with Crippen LogP contribution >= 0.6 is 12.4 Å². The maximum absolute atomic E-state index is 12.9. The van der Waals surface area contributed by atoms with Gasteiger partial charge < -0.3 is 39.4 Å². The number of rotatable bonds is 26. The molecule has 9 rings (SSSR count). The Balaban J connectivity index is 0.000000269. The fourth-order valence-corrected chi connectivity index (χ4v) is 11.1. The maximum atomic E-state index is 12.9. The van der Waals surface area contributed by atoms with Gasteiger partial charge in [-0.2, -0.15) is 21.6 Å². The first-order valence-corrected chi connectivity index (χ1v) is 34.3. The number of alkyl halides is 3. The second kappa shape index (κ2) is 38.2. The van der Waals surface area contributed by atoms with Crippen molar-refractivity contribution in [3.63, 3.8) is 0 Å². The van der Waals surface area contributed by atoms with E-state index >= 15 is 0 Å². The standard InChI is InChI=1S/C27H32F3N3O5S.C27H35N3O2.C23H28N2.CH4.ClH/c1-19(18-33(25(34)37-26(2,3)4)13-12-20-8-6-5-7-9-20)32-15-21-10-11-22-16-31-17-24(23(22)14-21)38-39(35,36)27(28,29)30;1-20-16-28-18-24-12-11-23(15-25(20)24)17-29-21(2)19-30(26(31)32-27(3,4)5)14-13-22-9-7-6-8-10-22;1-18-15-24-17-22-13-12-21(14-23(18)22)16-25-19(2)8-6-7-11-20-9-4-3-5-10-20;;/h5-11,14,16-17,19,32H,12-13,15,18H2,1-4H3;6-12,15-16,18,21,29H,13-14,17,19H2,1-5H3;3-5,9-10,12-15,17,19,25H,6-8,11,16H2,1-2H3;1H4;1H/t19-;21-;19-;;/m111../s1. The maximum Gasteiger partial charge on any atom is 0.534 e. The third-order valence-corrected chi connectivity index (χ3v) is 16.8. The second-order valence-electron chi connectivity index (χ2n) is 26.6. The molecule has 2 amide bonds. The van der Waals surface area contributed by atoms with E-state index < -0.39 is 38.7 Å². The number of aryl methyl sites for hydroxylation is 3. The number of unbranched alkanes of at least 4 members (excludes halogenated alkanes) is 1. The molecule has 15 nitrogen and oxygen atoms in total. The van der Waals surface area contributed by atoms with E-state index in [4.69, 9.17) is 9.47 Å². The van der Waals surface area contributed by atoms with Gasteiger partial charge in [-0.05, 0) is 182 Å². The van der Waals surface area contributed by atoms with Gasteiger partial charge in [-0.15, -0.1) is 12.4 Å². The van der Waals surface area contributed by atoms with Gasteiger partial charge in [-0.25, -0.2) is 9.59 Å². The molecule has 0 fully saturated rings. The summed E-state index contributed by atoms with van der Waals surface area (Å²) in [7, 11) is -5.85. The highest BCUT2D eigenvalue weighted by molar-refractivity contribution is 7.88. The van der Waals surface area contributed by atoms with Crippen LogP contribution in [-0.2, 0) is 58.5 Å². The molecule has 20 heteroatoms. The van der Waals surface area contributed by atoms with Crippen molar-refractivity contribution >= 4 is 67.0 Å². The molecule has 0 aliphatic rings. The number of carbonyl (C=O) groups is 2. The third kappa shape index (κ3) is 26.9. The van der Waals surface area contributed by atoms with Crippen LogP contribution in [0.3, 0.4) is 0 Å². The number of carbonyl (C=O) groups excluding carboxylic acids is 2. The van der Waals surface area contributed by atoms with E-state index in [1.54, 1.807) is 43.9 Å². The number of pyridine rings is 3. The lowest BCUT2D eigenvalue weighted by molar-refractivity contribution is -0.0499. The molecule has 3 heterocycles. The zero-order chi connectivity index (χ0) is 69.5. The van der Waals surface area contributed by atoms with Crippen LogP contribution in [-0.4, -0.2) is 106 Å². The number of halogens is 4. The normalized spacial score (nSPS) is 12.5. The second-order valence-corrected chi connectivity index (χ2v) is 28.1. The molecule has 3 atom stereocenters. The summed E-state index contributed by atoms with van der Waals surface area (Å²) >= 11 is 0. The number of amides is 2. The van der Waals surface area contributed by atoms with E-state index in [0.717, 1.165) is 36.7 Å². The molecule has 6 aromatic carbocycles. The van der Waals surface area contributed by atoms with Gasteiger partial charge in [0.1, 0.15) is 11.2 Å². The lowest BCUT2D eigenvalue weighted by Crippen LogP contribution is -2.45. The van der Waals surface area contributed by atoms with Crippen LogP contribution in [0.15, 0.2) is 183 Å². The Morgan fingerprint density at radius 2 is 0.837 bits per heavy atom. The lowest BCUT2D eigenvalue weighted by atomic mass is 10.0. The summed E-state index contributed by atoms with van der Waals surface area (Å²) in [6, 6.07) is 49.3. The SMILES string of the molecule is C.C[C@H](CN(CCc1ccccc1)C(=O)OC(C)(C)C)NCc1ccc2cncc(OS(=O)(=O)C(F)(F)F)c2c1.Cc1cncc2ccc(CN[C@H](C)CCCCc3ccccc3)cc12.Cc1cncc2ccc(CN[C@H](C)CN(CCc3ccccc3)C(=O)OC(C)(C)C)cc12.Cl. The van der Waals surface area contributed by atoms with Crippen molar-refractivity contribution in [2.45, 2.75) is 177 Å². The van der Waals surface area contributed by atoms with Crippen molar-refractivity contribution in [3.05, 3.63) is 227 Å². The number of hydrogen-bond acceptors (Lipinski definition) is 13. The van der Waals surface area contributed by atoms with Crippen molar-refractivity contribution in [2.24, 2.45) is 0 Å². The first-order chi connectivity index (χ1) is 45.6. The molecule has 9 aromatic rings. The van der Waals surface area contributed by atoms with Crippen LogP contribution in [0, 0.1) is 13.8 Å². The zero-order valence-corrected chi connectivity index (χ0v) is 59.4. The summed E-state index contributed by atoms with van der Waals surface area (Å²) in [4.78, 5) is 41.5. The molecule has 98 heavy (non-hydrogen) atoms. The molecule has 0 unspecified atom stereocenters. The molecular weight excluding hydrogens is 1290 g/mol. The molecule has 3 aromatic heterocycles. The molecule has 528 valence electrons. The minimum absolute atomic E-state index is 0. The predicted molar refractivity (Wildman–Crippen MR) is 393 cm³/mol. The van der Waals surface area contributed by atoms with Crippen molar-refractivity contribution in [2.75, 3.05) is 26.2 Å². The summed E-state index contributed by atoms with van der Waals surface area (Å²) in [5, 5.41) is 16.0. The summed E-state index contributed by atoms with van der Waals surface area (Å²) in [5.41, 5.74) is 2.66. The van der Waals surface area contributed by atoms with E-state index in [-0.39, 0.29) is 43.4 Å². The van der Waals surface area contributed by atoms with Crippen molar-refractivity contribution in [1.82, 2.24) is 40.7 Å². The highest BCUT2D eigenvalue weighted by Gasteiger charge is 2.49. The topological polar surface area (TPSA) is 177 Å². The van der Waals surface area contributed by atoms with Gasteiger partial charge in [0.15, 0.2) is 5.75 Å². The lowest BCUT2D eigenvalue weighted by Gasteiger charge is -2.29. The Morgan fingerprint density at radius 1 is 0.480 bits per heavy atom. The molecule has 0 spiro atoms. The van der Waals surface area contributed by atoms with Crippen LogP contribution < -0.4 is 20.1 Å². The van der Waals surface area contributed by atoms with Crippen molar-refractivity contribution < 1.29 is 44.8 Å². The van der Waals surface area contributed by atoms with Gasteiger partial charge in [-0.1, -0.05) is 141 Å². The first-order valence-electron chi connectivity index (χ1n) is 32.9. The van der Waals surface area contributed by atoms with Crippen LogP contribution in [0.5, 0.6) is 5.75 Å². The Hall–Kier alpha value is -8.20. The summed E-state index contributed by atoms with van der Waals surface area (Å²) in [6.45, 7) is 25.6. The average molecular weight is 1390 g/mol. The third-order valence-electron chi connectivity index (χ3n) is 15.8. The minimum Gasteiger partial charge on any atom is -0.444 e. The quantitative estimate of drug-likeness (QED) is 0.0265. The van der Waals surface area contributed by atoms with Gasteiger partial charge in [0.05, 0.1) is 6.20 Å². The summed E-state index contributed by atoms with van der Waals surface area (Å²) in [5.74, 6) is -0.517. The minimum atomic E-state index is -5.85. The van der Waals surface area contributed by atoms with Crippen LogP contribution in [0.25, 0.3) is 32.3 Å². The fraction of sp³-hybridized carbons (Fsp3) is 0.397. The number of nitrogens with zero attached hydrogens (tertiary/aromatic N) is 5.